The van der Waals surface area contributed by atoms with Crippen LogP contribution < -0.4 is 10.6 Å². The first-order valence-corrected chi connectivity index (χ1v) is 7.11. The summed E-state index contributed by atoms with van der Waals surface area (Å²) >= 11 is 0. The second-order valence-corrected chi connectivity index (χ2v) is 5.59. The molecule has 0 aromatic carbocycles. The van der Waals surface area contributed by atoms with E-state index in [1.54, 1.807) is 0 Å². The van der Waals surface area contributed by atoms with Crippen molar-refractivity contribution in [2.24, 2.45) is 17.6 Å². The molecule has 0 atom stereocenters. The molecule has 1 aliphatic heterocycles. The maximum absolute atomic E-state index is 5.67. The summed E-state index contributed by atoms with van der Waals surface area (Å²) in [5.74, 6) is 2.84. The van der Waals surface area contributed by atoms with Gasteiger partial charge in [-0.05, 0) is 49.3 Å². The van der Waals surface area contributed by atoms with Gasteiger partial charge in [-0.15, -0.1) is 0 Å². The summed E-state index contributed by atoms with van der Waals surface area (Å²) in [6.45, 7) is 7.64. The Balaban J connectivity index is 2.05. The molecule has 1 saturated heterocycles. The SMILES string of the molecule is CC(C)C1CCN(c2ncccc2CCN)CC1. The lowest BCUT2D eigenvalue weighted by Gasteiger charge is -2.35. The van der Waals surface area contributed by atoms with Crippen LogP contribution in [-0.4, -0.2) is 24.6 Å². The Labute approximate surface area is 110 Å². The molecule has 100 valence electrons. The van der Waals surface area contributed by atoms with Gasteiger partial charge in [0, 0.05) is 19.3 Å². The van der Waals surface area contributed by atoms with Crippen molar-refractivity contribution in [3.63, 3.8) is 0 Å². The van der Waals surface area contributed by atoms with Crippen molar-refractivity contribution >= 4 is 5.82 Å². The molecule has 0 bridgehead atoms. The normalized spacial score (nSPS) is 17.4. The Morgan fingerprint density at radius 2 is 2.11 bits per heavy atom. The highest BCUT2D eigenvalue weighted by atomic mass is 15.2. The van der Waals surface area contributed by atoms with Crippen molar-refractivity contribution in [1.82, 2.24) is 4.98 Å². The molecule has 1 aromatic heterocycles. The Kier molecular flexibility index (Phi) is 4.59. The number of pyridine rings is 1. The molecule has 0 saturated carbocycles. The van der Waals surface area contributed by atoms with E-state index in [-0.39, 0.29) is 0 Å². The minimum atomic E-state index is 0.696. The molecule has 3 heteroatoms. The molecular weight excluding hydrogens is 222 g/mol. The summed E-state index contributed by atoms with van der Waals surface area (Å²) in [5, 5.41) is 0. The Morgan fingerprint density at radius 1 is 1.39 bits per heavy atom. The van der Waals surface area contributed by atoms with Gasteiger partial charge in [0.15, 0.2) is 0 Å². The van der Waals surface area contributed by atoms with Crippen molar-refractivity contribution in [3.8, 4) is 0 Å². The van der Waals surface area contributed by atoms with E-state index in [4.69, 9.17) is 5.73 Å². The van der Waals surface area contributed by atoms with Crippen molar-refractivity contribution < 1.29 is 0 Å². The Hall–Kier alpha value is -1.09. The Morgan fingerprint density at radius 3 is 2.72 bits per heavy atom. The summed E-state index contributed by atoms with van der Waals surface area (Å²) in [7, 11) is 0. The van der Waals surface area contributed by atoms with Gasteiger partial charge in [-0.3, -0.25) is 0 Å². The van der Waals surface area contributed by atoms with Crippen molar-refractivity contribution in [2.75, 3.05) is 24.5 Å². The van der Waals surface area contributed by atoms with Gasteiger partial charge in [0.2, 0.25) is 0 Å². The summed E-state index contributed by atoms with van der Waals surface area (Å²) in [4.78, 5) is 7.00. The number of nitrogens with two attached hydrogens (primary N) is 1. The molecule has 2 heterocycles. The molecule has 0 radical (unpaired) electrons. The maximum atomic E-state index is 5.67. The smallest absolute Gasteiger partial charge is 0.131 e. The number of hydrogen-bond donors (Lipinski definition) is 1. The van der Waals surface area contributed by atoms with Gasteiger partial charge in [0.05, 0.1) is 0 Å². The first-order valence-electron chi connectivity index (χ1n) is 7.11. The number of hydrogen-bond acceptors (Lipinski definition) is 3. The van der Waals surface area contributed by atoms with E-state index in [1.807, 2.05) is 12.3 Å². The molecule has 0 unspecified atom stereocenters. The molecule has 1 aromatic rings. The first-order chi connectivity index (χ1) is 8.72. The molecule has 2 rings (SSSR count). The largest absolute Gasteiger partial charge is 0.356 e. The maximum Gasteiger partial charge on any atom is 0.131 e. The predicted octanol–water partition coefficient (Wildman–Crippen LogP) is 2.46. The summed E-state index contributed by atoms with van der Waals surface area (Å²) in [6.07, 6.45) is 5.39. The highest BCUT2D eigenvalue weighted by molar-refractivity contribution is 5.47. The average molecular weight is 247 g/mol. The minimum absolute atomic E-state index is 0.696. The van der Waals surface area contributed by atoms with Gasteiger partial charge >= 0.3 is 0 Å². The lowest BCUT2D eigenvalue weighted by atomic mass is 9.86. The molecule has 3 nitrogen and oxygen atoms in total. The van der Waals surface area contributed by atoms with Crippen LogP contribution >= 0.6 is 0 Å². The van der Waals surface area contributed by atoms with E-state index < -0.39 is 0 Å². The molecular formula is C15H25N3. The van der Waals surface area contributed by atoms with E-state index in [9.17, 15) is 0 Å². The molecule has 0 spiro atoms. The first kappa shape index (κ1) is 13.3. The standard InChI is InChI=1S/C15H25N3/c1-12(2)13-6-10-18(11-7-13)15-14(5-8-16)4-3-9-17-15/h3-4,9,12-13H,5-8,10-11,16H2,1-2H3. The van der Waals surface area contributed by atoms with Crippen LogP contribution in [0.4, 0.5) is 5.82 Å². The zero-order valence-corrected chi connectivity index (χ0v) is 11.6. The molecule has 2 N–H and O–H groups in total. The third-order valence-electron chi connectivity index (χ3n) is 4.06. The molecule has 0 aliphatic carbocycles. The van der Waals surface area contributed by atoms with Gasteiger partial charge in [-0.1, -0.05) is 19.9 Å². The van der Waals surface area contributed by atoms with Crippen LogP contribution in [0.1, 0.15) is 32.3 Å². The fraction of sp³-hybridized carbons (Fsp3) is 0.667. The van der Waals surface area contributed by atoms with Gasteiger partial charge in [-0.2, -0.15) is 0 Å². The highest BCUT2D eigenvalue weighted by Gasteiger charge is 2.23. The van der Waals surface area contributed by atoms with Crippen LogP contribution in [0.5, 0.6) is 0 Å². The van der Waals surface area contributed by atoms with E-state index in [2.05, 4.69) is 29.8 Å². The molecule has 1 fully saturated rings. The van der Waals surface area contributed by atoms with Crippen LogP contribution in [0, 0.1) is 11.8 Å². The predicted molar refractivity (Wildman–Crippen MR) is 76.8 cm³/mol. The number of aromatic nitrogens is 1. The second kappa shape index (κ2) is 6.19. The van der Waals surface area contributed by atoms with Crippen LogP contribution in [-0.2, 0) is 6.42 Å². The number of rotatable bonds is 4. The number of nitrogens with zero attached hydrogens (tertiary/aromatic N) is 2. The third kappa shape index (κ3) is 3.02. The molecule has 1 aliphatic rings. The lowest BCUT2D eigenvalue weighted by molar-refractivity contribution is 0.310. The summed E-state index contributed by atoms with van der Waals surface area (Å²) < 4.78 is 0. The summed E-state index contributed by atoms with van der Waals surface area (Å²) in [6, 6.07) is 4.17. The quantitative estimate of drug-likeness (QED) is 0.888. The topological polar surface area (TPSA) is 42.2 Å². The second-order valence-electron chi connectivity index (χ2n) is 5.59. The van der Waals surface area contributed by atoms with Crippen LogP contribution in [0.15, 0.2) is 18.3 Å². The zero-order chi connectivity index (χ0) is 13.0. The Bertz CT molecular complexity index is 368. The number of anilines is 1. The van der Waals surface area contributed by atoms with Crippen molar-refractivity contribution in [2.45, 2.75) is 33.1 Å². The van der Waals surface area contributed by atoms with Gasteiger partial charge in [-0.25, -0.2) is 4.98 Å². The van der Waals surface area contributed by atoms with Crippen molar-refractivity contribution in [3.05, 3.63) is 23.9 Å². The van der Waals surface area contributed by atoms with Crippen LogP contribution in [0.25, 0.3) is 0 Å². The minimum Gasteiger partial charge on any atom is -0.356 e. The highest BCUT2D eigenvalue weighted by Crippen LogP contribution is 2.28. The molecule has 0 amide bonds. The zero-order valence-electron chi connectivity index (χ0n) is 11.6. The van der Waals surface area contributed by atoms with Crippen LogP contribution in [0.3, 0.4) is 0 Å². The van der Waals surface area contributed by atoms with E-state index >= 15 is 0 Å². The monoisotopic (exact) mass is 247 g/mol. The summed E-state index contributed by atoms with van der Waals surface area (Å²) in [5.41, 5.74) is 6.97. The van der Waals surface area contributed by atoms with Crippen LogP contribution in [0.2, 0.25) is 0 Å². The molecule has 18 heavy (non-hydrogen) atoms. The van der Waals surface area contributed by atoms with Gasteiger partial charge < -0.3 is 10.6 Å². The van der Waals surface area contributed by atoms with E-state index in [1.165, 1.54) is 18.4 Å². The average Bonchev–Trinajstić information content (AvgIpc) is 2.40. The van der Waals surface area contributed by atoms with E-state index in [0.29, 0.717) is 6.54 Å². The fourth-order valence-electron chi connectivity index (χ4n) is 2.84. The number of piperidine rings is 1. The third-order valence-corrected chi connectivity index (χ3v) is 4.06. The fourth-order valence-corrected chi connectivity index (χ4v) is 2.84. The lowest BCUT2D eigenvalue weighted by Crippen LogP contribution is -2.36. The van der Waals surface area contributed by atoms with Crippen molar-refractivity contribution in [1.29, 1.82) is 0 Å². The van der Waals surface area contributed by atoms with E-state index in [0.717, 1.165) is 37.2 Å². The van der Waals surface area contributed by atoms with Gasteiger partial charge in [0.1, 0.15) is 5.82 Å². The van der Waals surface area contributed by atoms with Gasteiger partial charge in [0.25, 0.3) is 0 Å².